The monoisotopic (exact) mass is 404 g/mol. The summed E-state index contributed by atoms with van der Waals surface area (Å²) in [6.45, 7) is 19.4. The molecule has 1 fully saturated rings. The minimum atomic E-state index is -2.02. The first-order chi connectivity index (χ1) is 12.1. The van der Waals surface area contributed by atoms with Crippen molar-refractivity contribution in [1.29, 1.82) is 0 Å². The fraction of sp³-hybridized carbons (Fsp3) is 0.591. The second kappa shape index (κ2) is 7.01. The van der Waals surface area contributed by atoms with Crippen LogP contribution in [0.25, 0.3) is 0 Å². The van der Waals surface area contributed by atoms with Crippen molar-refractivity contribution in [2.45, 2.75) is 83.5 Å². The molecule has 0 bridgehead atoms. The molecule has 2 rings (SSSR count). The zero-order chi connectivity index (χ0) is 20.7. The average molecular weight is 405 g/mol. The van der Waals surface area contributed by atoms with Crippen LogP contribution in [-0.2, 0) is 14.0 Å². The summed E-state index contributed by atoms with van der Waals surface area (Å²) in [5, 5.41) is 1.48. The van der Waals surface area contributed by atoms with E-state index in [-0.39, 0.29) is 11.0 Å². The molecule has 1 aromatic rings. The summed E-state index contributed by atoms with van der Waals surface area (Å²) in [4.78, 5) is 11.7. The van der Waals surface area contributed by atoms with Gasteiger partial charge in [0.1, 0.15) is 19.3 Å². The minimum Gasteiger partial charge on any atom is -0.456 e. The topological polar surface area (TPSA) is 35.5 Å². The Kier molecular flexibility index (Phi) is 5.74. The van der Waals surface area contributed by atoms with Gasteiger partial charge in [0.05, 0.1) is 0 Å². The van der Waals surface area contributed by atoms with Crippen molar-refractivity contribution in [3.05, 3.63) is 42.1 Å². The van der Waals surface area contributed by atoms with Crippen molar-refractivity contribution in [2.24, 2.45) is 0 Å². The fourth-order valence-corrected chi connectivity index (χ4v) is 6.73. The van der Waals surface area contributed by atoms with Crippen molar-refractivity contribution in [2.75, 3.05) is 0 Å². The van der Waals surface area contributed by atoms with Crippen LogP contribution in [0.5, 0.6) is 0 Å². The van der Waals surface area contributed by atoms with Gasteiger partial charge in [-0.3, -0.25) is 4.79 Å². The quantitative estimate of drug-likeness (QED) is 0.484. The molecule has 2 atom stereocenters. The van der Waals surface area contributed by atoms with Crippen LogP contribution in [-0.4, -0.2) is 33.6 Å². The Bertz CT molecular complexity index is 719. The van der Waals surface area contributed by atoms with Crippen LogP contribution in [0.15, 0.2) is 42.1 Å². The van der Waals surface area contributed by atoms with Crippen molar-refractivity contribution in [3.8, 4) is 0 Å². The largest absolute Gasteiger partial charge is 0.456 e. The molecule has 0 N–H and O–H groups in total. The van der Waals surface area contributed by atoms with Gasteiger partial charge < -0.3 is 9.16 Å². The Balaban J connectivity index is 2.37. The number of carbonyl (C=O) groups excluding carboxylic acids is 1. The zero-order valence-electron chi connectivity index (χ0n) is 18.5. The van der Waals surface area contributed by atoms with Gasteiger partial charge in [-0.25, -0.2) is 0 Å². The molecule has 0 spiro atoms. The van der Waals surface area contributed by atoms with Crippen LogP contribution >= 0.6 is 0 Å². The summed E-state index contributed by atoms with van der Waals surface area (Å²) in [5.41, 5.74) is 1.26. The maximum Gasteiger partial charge on any atom is 0.303 e. The summed E-state index contributed by atoms with van der Waals surface area (Å²) in [6.07, 6.45) is 2.94. The molecule has 0 aromatic heterocycles. The first-order valence-electron chi connectivity index (χ1n) is 9.80. The number of esters is 1. The smallest absolute Gasteiger partial charge is 0.303 e. The molecule has 0 amide bonds. The van der Waals surface area contributed by atoms with Gasteiger partial charge >= 0.3 is 5.97 Å². The SMILES string of the molecule is CC(=O)O[C@@]1(C)C[C@@]1(/C=C\[Si](C)(C)c1ccccc1)O[Si](C)(C)C(C)(C)C. The molecule has 3 nitrogen and oxygen atoms in total. The zero-order valence-corrected chi connectivity index (χ0v) is 20.5. The van der Waals surface area contributed by atoms with E-state index in [1.807, 2.05) is 6.92 Å². The van der Waals surface area contributed by atoms with E-state index in [1.165, 1.54) is 12.1 Å². The first-order valence-corrected chi connectivity index (χ1v) is 15.8. The lowest BCUT2D eigenvalue weighted by molar-refractivity contribution is -0.150. The Labute approximate surface area is 167 Å². The second-order valence-electron chi connectivity index (χ2n) is 10.2. The minimum absolute atomic E-state index is 0.0972. The Hall–Kier alpha value is -1.18. The molecule has 0 radical (unpaired) electrons. The van der Waals surface area contributed by atoms with E-state index in [1.54, 1.807) is 0 Å². The predicted molar refractivity (Wildman–Crippen MR) is 118 cm³/mol. The highest BCUT2D eigenvalue weighted by Gasteiger charge is 2.69. The highest BCUT2D eigenvalue weighted by atomic mass is 28.4. The average Bonchev–Trinajstić information content (AvgIpc) is 3.06. The van der Waals surface area contributed by atoms with Crippen LogP contribution in [0, 0.1) is 0 Å². The van der Waals surface area contributed by atoms with E-state index >= 15 is 0 Å². The Morgan fingerprint density at radius 3 is 2.15 bits per heavy atom. The van der Waals surface area contributed by atoms with Crippen LogP contribution in [0.1, 0.15) is 41.0 Å². The van der Waals surface area contributed by atoms with Gasteiger partial charge in [0.15, 0.2) is 8.32 Å². The third-order valence-corrected chi connectivity index (χ3v) is 13.6. The van der Waals surface area contributed by atoms with Gasteiger partial charge in [0, 0.05) is 13.3 Å². The molecule has 0 heterocycles. The molecule has 0 saturated heterocycles. The summed E-state index contributed by atoms with van der Waals surface area (Å²) < 4.78 is 12.6. The number of rotatable bonds is 6. The molecule has 1 saturated carbocycles. The summed E-state index contributed by atoms with van der Waals surface area (Å²) in [6, 6.07) is 10.7. The Morgan fingerprint density at radius 2 is 1.67 bits per heavy atom. The van der Waals surface area contributed by atoms with Gasteiger partial charge in [-0.1, -0.05) is 81.2 Å². The first kappa shape index (κ1) is 22.1. The maximum absolute atomic E-state index is 11.7. The molecule has 150 valence electrons. The highest BCUT2D eigenvalue weighted by molar-refractivity contribution is 6.94. The summed E-state index contributed by atoms with van der Waals surface area (Å²) in [5.74, 6) is -0.244. The number of ether oxygens (including phenoxy) is 1. The maximum atomic E-state index is 11.7. The van der Waals surface area contributed by atoms with Crippen LogP contribution < -0.4 is 5.19 Å². The molecular formula is C22H36O3Si2. The molecule has 1 aliphatic rings. The molecule has 5 heteroatoms. The van der Waals surface area contributed by atoms with E-state index in [0.717, 1.165) is 6.42 Å². The third kappa shape index (κ3) is 4.63. The highest BCUT2D eigenvalue weighted by Crippen LogP contribution is 2.58. The standard InChI is InChI=1S/C22H36O3Si2/c1-18(23)24-21(5)17-22(21,25-27(8,9)20(2,3)4)15-16-26(6,7)19-13-11-10-12-14-19/h10-16H,17H2,1-9H3/b16-15-/t21-,22+/m0/s1. The Morgan fingerprint density at radius 1 is 1.11 bits per heavy atom. The molecule has 1 aromatic carbocycles. The number of benzene rings is 1. The van der Waals surface area contributed by atoms with Gasteiger partial charge in [-0.2, -0.15) is 0 Å². The summed E-state index contributed by atoms with van der Waals surface area (Å²) >= 11 is 0. The molecule has 27 heavy (non-hydrogen) atoms. The number of hydrogen-bond acceptors (Lipinski definition) is 3. The van der Waals surface area contributed by atoms with Crippen LogP contribution in [0.3, 0.4) is 0 Å². The van der Waals surface area contributed by atoms with Gasteiger partial charge in [0.25, 0.3) is 0 Å². The number of carbonyl (C=O) groups is 1. The van der Waals surface area contributed by atoms with Gasteiger partial charge in [-0.15, -0.1) is 0 Å². The van der Waals surface area contributed by atoms with Crippen molar-refractivity contribution in [3.63, 3.8) is 0 Å². The molecule has 1 aliphatic carbocycles. The van der Waals surface area contributed by atoms with Crippen molar-refractivity contribution < 1.29 is 14.0 Å². The van der Waals surface area contributed by atoms with E-state index in [2.05, 4.69) is 89.1 Å². The third-order valence-electron chi connectivity index (χ3n) is 6.27. The van der Waals surface area contributed by atoms with E-state index in [0.29, 0.717) is 0 Å². The van der Waals surface area contributed by atoms with Crippen LogP contribution in [0.4, 0.5) is 0 Å². The van der Waals surface area contributed by atoms with E-state index in [4.69, 9.17) is 9.16 Å². The second-order valence-corrected chi connectivity index (χ2v) is 19.3. The lowest BCUT2D eigenvalue weighted by Gasteiger charge is -2.40. The lowest BCUT2D eigenvalue weighted by Crippen LogP contribution is -2.47. The van der Waals surface area contributed by atoms with Gasteiger partial charge in [0.2, 0.25) is 0 Å². The number of hydrogen-bond donors (Lipinski definition) is 0. The van der Waals surface area contributed by atoms with Crippen molar-refractivity contribution >= 4 is 27.5 Å². The van der Waals surface area contributed by atoms with Crippen molar-refractivity contribution in [1.82, 2.24) is 0 Å². The van der Waals surface area contributed by atoms with E-state index < -0.39 is 27.6 Å². The fourth-order valence-electron chi connectivity index (χ4n) is 3.23. The lowest BCUT2D eigenvalue weighted by atomic mass is 10.2. The van der Waals surface area contributed by atoms with Gasteiger partial charge in [-0.05, 0) is 25.1 Å². The molecular weight excluding hydrogens is 368 g/mol. The normalized spacial score (nSPS) is 26.3. The van der Waals surface area contributed by atoms with E-state index in [9.17, 15) is 4.79 Å². The molecule has 0 aliphatic heterocycles. The predicted octanol–water partition coefficient (Wildman–Crippen LogP) is 5.18. The molecule has 0 unspecified atom stereocenters. The van der Waals surface area contributed by atoms with Crippen LogP contribution in [0.2, 0.25) is 31.2 Å². The summed E-state index contributed by atoms with van der Waals surface area (Å²) in [7, 11) is -3.78.